The van der Waals surface area contributed by atoms with E-state index in [2.05, 4.69) is 17.4 Å². The molecule has 162 valence electrons. The Morgan fingerprint density at radius 1 is 0.967 bits per heavy atom. The van der Waals surface area contributed by atoms with Gasteiger partial charge < -0.3 is 10.4 Å². The number of carbonyl (C=O) groups excluding carboxylic acids is 1. The summed E-state index contributed by atoms with van der Waals surface area (Å²) >= 11 is 3.19. The van der Waals surface area contributed by atoms with E-state index in [1.54, 1.807) is 11.8 Å². The van der Waals surface area contributed by atoms with Gasteiger partial charge in [-0.05, 0) is 25.2 Å². The molecule has 3 atom stereocenters. The highest BCUT2D eigenvalue weighted by atomic mass is 32.2. The predicted molar refractivity (Wildman–Crippen MR) is 127 cm³/mol. The number of hydrogen-bond acceptors (Lipinski definition) is 5. The van der Waals surface area contributed by atoms with E-state index in [1.165, 1.54) is 17.3 Å². The van der Waals surface area contributed by atoms with E-state index < -0.39 is 12.0 Å². The summed E-state index contributed by atoms with van der Waals surface area (Å²) in [7, 11) is 3.67. The fraction of sp³-hybridized carbons (Fsp3) is 0.391. The summed E-state index contributed by atoms with van der Waals surface area (Å²) in [6, 6.07) is 19.0. The van der Waals surface area contributed by atoms with Gasteiger partial charge >= 0.3 is 5.97 Å². The standard InChI is InChI=1S/C23H30N2O3S2/c1-17(14-29-15-18-10-6-4-7-11-18)21(26)24-20(23(27)28)22(25(2)3)30-16-19-12-8-5-9-13-19/h4-13,17,20,22H,14-16H2,1-3H3,(H,24,26)(H,27,28). The lowest BCUT2D eigenvalue weighted by molar-refractivity contribution is -0.143. The molecule has 0 aliphatic rings. The topological polar surface area (TPSA) is 69.6 Å². The number of benzene rings is 2. The molecule has 0 fully saturated rings. The van der Waals surface area contributed by atoms with Crippen LogP contribution in [0.15, 0.2) is 60.7 Å². The summed E-state index contributed by atoms with van der Waals surface area (Å²) in [6.07, 6.45) is 0. The van der Waals surface area contributed by atoms with E-state index in [0.717, 1.165) is 11.3 Å². The van der Waals surface area contributed by atoms with Crippen molar-refractivity contribution in [3.63, 3.8) is 0 Å². The minimum atomic E-state index is -1.02. The molecule has 0 heterocycles. The first-order valence-corrected chi connectivity index (χ1v) is 12.1. The van der Waals surface area contributed by atoms with Crippen LogP contribution in [0.5, 0.6) is 0 Å². The van der Waals surface area contributed by atoms with Crippen LogP contribution in [0.2, 0.25) is 0 Å². The SMILES string of the molecule is CC(CSCc1ccccc1)C(=O)NC(C(=O)O)C(SCc1ccccc1)N(C)C. The number of carboxylic acids is 1. The van der Waals surface area contributed by atoms with E-state index in [-0.39, 0.29) is 17.2 Å². The molecule has 0 bridgehead atoms. The van der Waals surface area contributed by atoms with Crippen molar-refractivity contribution in [2.45, 2.75) is 29.8 Å². The minimum Gasteiger partial charge on any atom is -0.480 e. The van der Waals surface area contributed by atoms with Crippen molar-refractivity contribution in [3.05, 3.63) is 71.8 Å². The molecular formula is C23H30N2O3S2. The summed E-state index contributed by atoms with van der Waals surface area (Å²) in [4.78, 5) is 26.5. The van der Waals surface area contributed by atoms with Crippen molar-refractivity contribution < 1.29 is 14.7 Å². The molecule has 0 aliphatic heterocycles. The number of aliphatic carboxylic acids is 1. The van der Waals surface area contributed by atoms with Gasteiger partial charge in [0.15, 0.2) is 6.04 Å². The first-order chi connectivity index (χ1) is 14.4. The summed E-state index contributed by atoms with van der Waals surface area (Å²) in [5.41, 5.74) is 2.33. The van der Waals surface area contributed by atoms with Gasteiger partial charge in [-0.1, -0.05) is 67.6 Å². The van der Waals surface area contributed by atoms with Crippen LogP contribution in [0.3, 0.4) is 0 Å². The van der Waals surface area contributed by atoms with Crippen LogP contribution in [0, 0.1) is 5.92 Å². The van der Waals surface area contributed by atoms with Crippen LogP contribution in [-0.4, -0.2) is 53.1 Å². The second-order valence-electron chi connectivity index (χ2n) is 7.38. The minimum absolute atomic E-state index is 0.227. The zero-order chi connectivity index (χ0) is 21.9. The van der Waals surface area contributed by atoms with Gasteiger partial charge in [0.25, 0.3) is 0 Å². The Morgan fingerprint density at radius 3 is 2.00 bits per heavy atom. The first-order valence-electron chi connectivity index (χ1n) is 9.85. The van der Waals surface area contributed by atoms with Crippen molar-refractivity contribution >= 4 is 35.4 Å². The molecule has 2 aromatic carbocycles. The lowest BCUT2D eigenvalue weighted by atomic mass is 10.1. The van der Waals surface area contributed by atoms with Crippen molar-refractivity contribution in [2.75, 3.05) is 19.8 Å². The van der Waals surface area contributed by atoms with E-state index in [9.17, 15) is 14.7 Å². The average Bonchev–Trinajstić information content (AvgIpc) is 2.74. The van der Waals surface area contributed by atoms with Crippen molar-refractivity contribution in [1.29, 1.82) is 0 Å². The molecule has 2 aromatic rings. The first kappa shape index (κ1) is 24.3. The molecule has 1 amide bonds. The Labute approximate surface area is 187 Å². The molecule has 0 saturated carbocycles. The van der Waals surface area contributed by atoms with Gasteiger partial charge in [0.1, 0.15) is 0 Å². The molecule has 0 saturated heterocycles. The van der Waals surface area contributed by atoms with Crippen LogP contribution in [0.25, 0.3) is 0 Å². The van der Waals surface area contributed by atoms with Gasteiger partial charge in [0.2, 0.25) is 5.91 Å². The average molecular weight is 447 g/mol. The lowest BCUT2D eigenvalue weighted by Crippen LogP contribution is -2.53. The highest BCUT2D eigenvalue weighted by Crippen LogP contribution is 2.23. The van der Waals surface area contributed by atoms with Crippen LogP contribution in [0.1, 0.15) is 18.1 Å². The molecule has 30 heavy (non-hydrogen) atoms. The van der Waals surface area contributed by atoms with Gasteiger partial charge in [0.05, 0.1) is 5.37 Å². The summed E-state index contributed by atoms with van der Waals surface area (Å²) in [5.74, 6) is 0.612. The Bertz CT molecular complexity index is 788. The Balaban J connectivity index is 1.92. The molecule has 2 rings (SSSR count). The van der Waals surface area contributed by atoms with E-state index in [0.29, 0.717) is 11.5 Å². The summed E-state index contributed by atoms with van der Waals surface area (Å²) in [5, 5.41) is 12.2. The third kappa shape index (κ3) is 8.05. The fourth-order valence-electron chi connectivity index (χ4n) is 2.85. The van der Waals surface area contributed by atoms with Gasteiger partial charge in [-0.25, -0.2) is 4.79 Å². The number of carbonyl (C=O) groups is 2. The zero-order valence-electron chi connectivity index (χ0n) is 17.7. The number of carboxylic acid groups (broad SMARTS) is 1. The number of hydrogen-bond donors (Lipinski definition) is 2. The highest BCUT2D eigenvalue weighted by Gasteiger charge is 2.32. The Kier molecular flexibility index (Phi) is 10.3. The number of nitrogens with one attached hydrogen (secondary N) is 1. The summed E-state index contributed by atoms with van der Waals surface area (Å²) < 4.78 is 0. The molecular weight excluding hydrogens is 416 g/mol. The fourth-order valence-corrected chi connectivity index (χ4v) is 5.13. The molecule has 3 unspecified atom stereocenters. The third-order valence-electron chi connectivity index (χ3n) is 4.55. The maximum Gasteiger partial charge on any atom is 0.328 e. The lowest BCUT2D eigenvalue weighted by Gasteiger charge is -2.30. The number of amides is 1. The van der Waals surface area contributed by atoms with Crippen LogP contribution >= 0.6 is 23.5 Å². The second kappa shape index (κ2) is 12.7. The van der Waals surface area contributed by atoms with Gasteiger partial charge in [-0.2, -0.15) is 11.8 Å². The molecule has 0 spiro atoms. The van der Waals surface area contributed by atoms with E-state index in [1.807, 2.05) is 74.4 Å². The monoisotopic (exact) mass is 446 g/mol. The van der Waals surface area contributed by atoms with Gasteiger partial charge in [-0.15, -0.1) is 11.8 Å². The van der Waals surface area contributed by atoms with Crippen LogP contribution in [0.4, 0.5) is 0 Å². The zero-order valence-corrected chi connectivity index (χ0v) is 19.3. The largest absolute Gasteiger partial charge is 0.480 e. The van der Waals surface area contributed by atoms with E-state index in [4.69, 9.17) is 0 Å². The van der Waals surface area contributed by atoms with Crippen molar-refractivity contribution in [2.24, 2.45) is 5.92 Å². The second-order valence-corrected chi connectivity index (χ2v) is 9.51. The normalized spacial score (nSPS) is 14.1. The van der Waals surface area contributed by atoms with Crippen LogP contribution in [-0.2, 0) is 21.1 Å². The number of rotatable bonds is 12. The Hall–Kier alpha value is -1.96. The molecule has 0 aliphatic carbocycles. The molecule has 5 nitrogen and oxygen atoms in total. The molecule has 0 radical (unpaired) electrons. The van der Waals surface area contributed by atoms with Crippen molar-refractivity contribution in [1.82, 2.24) is 10.2 Å². The Morgan fingerprint density at radius 2 is 1.50 bits per heavy atom. The van der Waals surface area contributed by atoms with Gasteiger partial charge in [-0.3, -0.25) is 9.69 Å². The maximum absolute atomic E-state index is 12.7. The van der Waals surface area contributed by atoms with Crippen molar-refractivity contribution in [3.8, 4) is 0 Å². The predicted octanol–water partition coefficient (Wildman–Crippen LogP) is 3.95. The molecule has 7 heteroatoms. The molecule has 2 N–H and O–H groups in total. The maximum atomic E-state index is 12.7. The highest BCUT2D eigenvalue weighted by molar-refractivity contribution is 7.99. The third-order valence-corrected chi connectivity index (χ3v) is 7.36. The smallest absolute Gasteiger partial charge is 0.328 e. The van der Waals surface area contributed by atoms with Gasteiger partial charge in [0, 0.05) is 23.2 Å². The quantitative estimate of drug-likeness (QED) is 0.481. The number of nitrogens with zero attached hydrogens (tertiary/aromatic N) is 1. The summed E-state index contributed by atoms with van der Waals surface area (Å²) in [6.45, 7) is 1.84. The van der Waals surface area contributed by atoms with Crippen LogP contribution < -0.4 is 5.32 Å². The number of thioether (sulfide) groups is 2. The molecule has 0 aromatic heterocycles. The van der Waals surface area contributed by atoms with E-state index >= 15 is 0 Å². The number of likely N-dealkylation sites (N-methyl/N-ethyl adjacent to an activating group) is 1.